The smallest absolute Gasteiger partial charge is 0.307 e. The molecule has 0 aliphatic heterocycles. The molecule has 1 aromatic rings. The van der Waals surface area contributed by atoms with Crippen molar-refractivity contribution in [3.05, 3.63) is 29.8 Å². The molecule has 0 aliphatic carbocycles. The lowest BCUT2D eigenvalue weighted by molar-refractivity contribution is -0.136. The molecule has 20 heavy (non-hydrogen) atoms. The summed E-state index contributed by atoms with van der Waals surface area (Å²) in [7, 11) is 1.56. The maximum Gasteiger partial charge on any atom is 0.307 e. The summed E-state index contributed by atoms with van der Waals surface area (Å²) in [6.07, 6.45) is -0.141. The lowest BCUT2D eigenvalue weighted by Crippen LogP contribution is -2.38. The fraction of sp³-hybridized carbons (Fsp3) is 0.429. The Labute approximate surface area is 117 Å². The number of aliphatic carboxylic acids is 1. The first kappa shape index (κ1) is 16.0. The van der Waals surface area contributed by atoms with Crippen LogP contribution in [0.3, 0.4) is 0 Å². The van der Waals surface area contributed by atoms with Crippen molar-refractivity contribution >= 4 is 11.9 Å². The maximum absolute atomic E-state index is 11.6. The normalized spacial score (nSPS) is 11.7. The summed E-state index contributed by atoms with van der Waals surface area (Å²) >= 11 is 0. The van der Waals surface area contributed by atoms with E-state index in [0.717, 1.165) is 0 Å². The third kappa shape index (κ3) is 5.71. The Morgan fingerprint density at radius 3 is 2.70 bits per heavy atom. The van der Waals surface area contributed by atoms with Crippen LogP contribution >= 0.6 is 0 Å². The predicted molar refractivity (Wildman–Crippen MR) is 72.8 cm³/mol. The van der Waals surface area contributed by atoms with Gasteiger partial charge < -0.3 is 19.9 Å². The zero-order valence-electron chi connectivity index (χ0n) is 11.6. The third-order valence-corrected chi connectivity index (χ3v) is 2.50. The van der Waals surface area contributed by atoms with Gasteiger partial charge in [0.25, 0.3) is 5.91 Å². The van der Waals surface area contributed by atoms with Crippen LogP contribution in [0.2, 0.25) is 0 Å². The van der Waals surface area contributed by atoms with Crippen molar-refractivity contribution in [3.8, 4) is 5.75 Å². The molecule has 1 atom stereocenters. The van der Waals surface area contributed by atoms with E-state index in [2.05, 4.69) is 5.32 Å². The first-order valence-corrected chi connectivity index (χ1v) is 6.23. The van der Waals surface area contributed by atoms with E-state index < -0.39 is 5.97 Å². The minimum atomic E-state index is -0.945. The number of rotatable bonds is 8. The summed E-state index contributed by atoms with van der Waals surface area (Å²) in [6, 6.07) is 6.65. The number of methoxy groups -OCH3 is 1. The molecule has 0 fully saturated rings. The molecule has 110 valence electrons. The summed E-state index contributed by atoms with van der Waals surface area (Å²) < 4.78 is 10.3. The van der Waals surface area contributed by atoms with Gasteiger partial charge in [0.1, 0.15) is 5.75 Å². The molecular formula is C14H19NO5. The number of ether oxygens (including phenoxy) is 2. The fourth-order valence-corrected chi connectivity index (χ4v) is 1.71. The molecule has 0 bridgehead atoms. The van der Waals surface area contributed by atoms with Crippen LogP contribution in [-0.2, 0) is 20.7 Å². The lowest BCUT2D eigenvalue weighted by Gasteiger charge is -2.14. The van der Waals surface area contributed by atoms with Crippen LogP contribution in [0.1, 0.15) is 12.5 Å². The van der Waals surface area contributed by atoms with E-state index in [4.69, 9.17) is 14.6 Å². The number of carbonyl (C=O) groups is 2. The van der Waals surface area contributed by atoms with Gasteiger partial charge in [-0.2, -0.15) is 0 Å². The summed E-state index contributed by atoms with van der Waals surface area (Å²) in [6.45, 7) is 2.08. The van der Waals surface area contributed by atoms with E-state index in [1.807, 2.05) is 6.92 Å². The summed E-state index contributed by atoms with van der Waals surface area (Å²) in [5.74, 6) is -0.816. The molecule has 1 unspecified atom stereocenters. The Morgan fingerprint density at radius 1 is 1.35 bits per heavy atom. The molecule has 1 aromatic carbocycles. The Balaban J connectivity index is 2.52. The first-order valence-electron chi connectivity index (χ1n) is 6.23. The third-order valence-electron chi connectivity index (χ3n) is 2.50. The van der Waals surface area contributed by atoms with Gasteiger partial charge >= 0.3 is 5.97 Å². The Kier molecular flexibility index (Phi) is 6.52. The van der Waals surface area contributed by atoms with Crippen LogP contribution in [-0.4, -0.2) is 43.3 Å². The molecule has 0 radical (unpaired) electrons. The van der Waals surface area contributed by atoms with Crippen LogP contribution in [0, 0.1) is 0 Å². The van der Waals surface area contributed by atoms with Crippen molar-refractivity contribution in [3.63, 3.8) is 0 Å². The maximum atomic E-state index is 11.6. The number of hydrogen-bond acceptors (Lipinski definition) is 4. The zero-order chi connectivity index (χ0) is 15.0. The minimum Gasteiger partial charge on any atom is -0.483 e. The summed E-state index contributed by atoms with van der Waals surface area (Å²) in [4.78, 5) is 22.4. The number of benzene rings is 1. The van der Waals surface area contributed by atoms with Gasteiger partial charge in [0.15, 0.2) is 6.61 Å². The number of carbonyl (C=O) groups excluding carboxylic acids is 1. The standard InChI is InChI=1S/C14H19NO5/c1-10(8-19-2)15-13(16)9-20-12-6-4-3-5-11(12)7-14(17)18/h3-6,10H,7-9H2,1-2H3,(H,15,16)(H,17,18). The predicted octanol–water partition coefficient (Wildman–Crippen LogP) is 0.844. The Hall–Kier alpha value is -2.08. The Morgan fingerprint density at radius 2 is 2.05 bits per heavy atom. The number of para-hydroxylation sites is 1. The first-order chi connectivity index (χ1) is 9.52. The van der Waals surface area contributed by atoms with Crippen molar-refractivity contribution in [2.45, 2.75) is 19.4 Å². The van der Waals surface area contributed by atoms with Gasteiger partial charge in [0, 0.05) is 18.7 Å². The number of hydrogen-bond donors (Lipinski definition) is 2. The zero-order valence-corrected chi connectivity index (χ0v) is 11.6. The van der Waals surface area contributed by atoms with Crippen LogP contribution < -0.4 is 10.1 Å². The molecule has 0 saturated heterocycles. The monoisotopic (exact) mass is 281 g/mol. The van der Waals surface area contributed by atoms with Gasteiger partial charge in [-0.05, 0) is 13.0 Å². The van der Waals surface area contributed by atoms with E-state index in [1.165, 1.54) is 0 Å². The number of carboxylic acids is 1. The highest BCUT2D eigenvalue weighted by Gasteiger charge is 2.11. The molecule has 2 N–H and O–H groups in total. The second-order valence-electron chi connectivity index (χ2n) is 4.39. The highest BCUT2D eigenvalue weighted by molar-refractivity contribution is 5.78. The van der Waals surface area contributed by atoms with Gasteiger partial charge in [-0.3, -0.25) is 9.59 Å². The second kappa shape index (κ2) is 8.16. The fourth-order valence-electron chi connectivity index (χ4n) is 1.71. The van der Waals surface area contributed by atoms with Crippen LogP contribution in [0.4, 0.5) is 0 Å². The number of nitrogens with one attached hydrogen (secondary N) is 1. The summed E-state index contributed by atoms with van der Waals surface area (Å²) in [5.41, 5.74) is 0.540. The van der Waals surface area contributed by atoms with Crippen LogP contribution in [0.5, 0.6) is 5.75 Å². The van der Waals surface area contributed by atoms with Crippen LogP contribution in [0.25, 0.3) is 0 Å². The van der Waals surface area contributed by atoms with Gasteiger partial charge in [0.05, 0.1) is 13.0 Å². The molecule has 0 saturated carbocycles. The SMILES string of the molecule is COCC(C)NC(=O)COc1ccccc1CC(=O)O. The minimum absolute atomic E-state index is 0.106. The second-order valence-corrected chi connectivity index (χ2v) is 4.39. The molecule has 6 nitrogen and oxygen atoms in total. The van der Waals surface area contributed by atoms with E-state index in [1.54, 1.807) is 31.4 Å². The lowest BCUT2D eigenvalue weighted by atomic mass is 10.1. The van der Waals surface area contributed by atoms with E-state index in [-0.39, 0.29) is 25.0 Å². The molecule has 0 heterocycles. The number of carboxylic acid groups (broad SMARTS) is 1. The topological polar surface area (TPSA) is 84.9 Å². The molecule has 1 amide bonds. The average molecular weight is 281 g/mol. The van der Waals surface area contributed by atoms with E-state index >= 15 is 0 Å². The van der Waals surface area contributed by atoms with E-state index in [9.17, 15) is 9.59 Å². The number of amides is 1. The molecule has 0 aliphatic rings. The van der Waals surface area contributed by atoms with Crippen molar-refractivity contribution in [1.82, 2.24) is 5.32 Å². The van der Waals surface area contributed by atoms with Gasteiger partial charge in [-0.1, -0.05) is 18.2 Å². The molecule has 0 spiro atoms. The quantitative estimate of drug-likeness (QED) is 0.737. The largest absolute Gasteiger partial charge is 0.483 e. The van der Waals surface area contributed by atoms with Gasteiger partial charge in [-0.15, -0.1) is 0 Å². The highest BCUT2D eigenvalue weighted by Crippen LogP contribution is 2.18. The van der Waals surface area contributed by atoms with Crippen molar-refractivity contribution in [1.29, 1.82) is 0 Å². The Bertz CT molecular complexity index is 461. The molecule has 6 heteroatoms. The van der Waals surface area contributed by atoms with Gasteiger partial charge in [0.2, 0.25) is 0 Å². The highest BCUT2D eigenvalue weighted by atomic mass is 16.5. The van der Waals surface area contributed by atoms with Crippen molar-refractivity contribution in [2.75, 3.05) is 20.3 Å². The van der Waals surface area contributed by atoms with Gasteiger partial charge in [-0.25, -0.2) is 0 Å². The summed E-state index contributed by atoms with van der Waals surface area (Å²) in [5, 5.41) is 11.5. The molecule has 0 aromatic heterocycles. The molecular weight excluding hydrogens is 262 g/mol. The van der Waals surface area contributed by atoms with Crippen molar-refractivity contribution < 1.29 is 24.2 Å². The average Bonchev–Trinajstić information content (AvgIpc) is 2.37. The van der Waals surface area contributed by atoms with Crippen molar-refractivity contribution in [2.24, 2.45) is 0 Å². The molecule has 1 rings (SSSR count). The van der Waals surface area contributed by atoms with E-state index in [0.29, 0.717) is 17.9 Å². The van der Waals surface area contributed by atoms with Crippen LogP contribution in [0.15, 0.2) is 24.3 Å².